The first-order valence-corrected chi connectivity index (χ1v) is 12.8. The average molecular weight is 522 g/mol. The molecule has 5 rings (SSSR count). The Labute approximate surface area is 210 Å². The number of rotatable bonds is 8. The smallest absolute Gasteiger partial charge is 0.368 e. The first-order valence-electron chi connectivity index (χ1n) is 11.9. The zero-order chi connectivity index (χ0) is 25.2. The van der Waals surface area contributed by atoms with Crippen molar-refractivity contribution in [2.24, 2.45) is 0 Å². The molecule has 1 aliphatic heterocycles. The Morgan fingerprint density at radius 1 is 1.00 bits per heavy atom. The molecule has 3 aromatic heterocycles. The zero-order valence-electron chi connectivity index (χ0n) is 19.6. The summed E-state index contributed by atoms with van der Waals surface area (Å²) < 4.78 is 52.1. The molecule has 0 amide bonds. The second kappa shape index (κ2) is 10.3. The quantitative estimate of drug-likeness (QED) is 0.442. The normalized spacial score (nSPS) is 18.7. The molecular weight excluding hydrogens is 494 g/mol. The Kier molecular flexibility index (Phi) is 7.18. The molecule has 36 heavy (non-hydrogen) atoms. The summed E-state index contributed by atoms with van der Waals surface area (Å²) in [6.07, 6.45) is 2.05. The molecule has 4 heterocycles. The van der Waals surface area contributed by atoms with Crippen LogP contribution < -0.4 is 5.32 Å². The topological polar surface area (TPSA) is 70.1 Å². The van der Waals surface area contributed by atoms with E-state index >= 15 is 0 Å². The molecule has 0 bridgehead atoms. The lowest BCUT2D eigenvalue weighted by Crippen LogP contribution is -2.48. The van der Waals surface area contributed by atoms with E-state index in [1.54, 1.807) is 18.5 Å². The molecule has 0 aromatic carbocycles. The maximum Gasteiger partial charge on any atom is 0.401 e. The van der Waals surface area contributed by atoms with E-state index in [9.17, 15) is 17.6 Å². The molecule has 1 aliphatic carbocycles. The molecule has 0 unspecified atom stereocenters. The summed E-state index contributed by atoms with van der Waals surface area (Å²) in [5.74, 6) is 0.332. The summed E-state index contributed by atoms with van der Waals surface area (Å²) in [7, 11) is 0. The predicted molar refractivity (Wildman–Crippen MR) is 129 cm³/mol. The maximum absolute atomic E-state index is 14.3. The molecule has 12 heteroatoms. The Hall–Kier alpha value is -2.70. The lowest BCUT2D eigenvalue weighted by atomic mass is 9.66. The van der Waals surface area contributed by atoms with Crippen LogP contribution >= 0.6 is 11.3 Å². The molecule has 192 valence electrons. The van der Waals surface area contributed by atoms with Crippen LogP contribution in [0.1, 0.15) is 29.8 Å². The molecule has 3 aromatic rings. The minimum absolute atomic E-state index is 0.275. The summed E-state index contributed by atoms with van der Waals surface area (Å²) in [6.45, 7) is 2.32. The fourth-order valence-corrected chi connectivity index (χ4v) is 5.68. The van der Waals surface area contributed by atoms with Crippen LogP contribution in [0.25, 0.3) is 10.7 Å². The highest BCUT2D eigenvalue weighted by Crippen LogP contribution is 2.43. The van der Waals surface area contributed by atoms with Gasteiger partial charge in [0.15, 0.2) is 0 Å². The van der Waals surface area contributed by atoms with E-state index < -0.39 is 12.7 Å². The second-order valence-electron chi connectivity index (χ2n) is 9.42. The fourth-order valence-electron chi connectivity index (χ4n) is 4.76. The minimum atomic E-state index is -4.16. The van der Waals surface area contributed by atoms with Crippen molar-refractivity contribution in [1.82, 2.24) is 30.0 Å². The number of anilines is 1. The Balaban J connectivity index is 1.15. The van der Waals surface area contributed by atoms with Crippen LogP contribution in [-0.2, 0) is 12.0 Å². The third-order valence-corrected chi connectivity index (χ3v) is 7.87. The fraction of sp³-hybridized carbons (Fsp3) is 0.500. The van der Waals surface area contributed by atoms with Crippen LogP contribution in [0, 0.1) is 5.82 Å². The molecule has 2 fully saturated rings. The van der Waals surface area contributed by atoms with Crippen LogP contribution in [0.5, 0.6) is 0 Å². The van der Waals surface area contributed by atoms with Gasteiger partial charge in [0.25, 0.3) is 0 Å². The number of piperazine rings is 1. The van der Waals surface area contributed by atoms with Crippen LogP contribution in [0.15, 0.2) is 36.7 Å². The zero-order valence-corrected chi connectivity index (χ0v) is 20.5. The van der Waals surface area contributed by atoms with Crippen molar-refractivity contribution in [2.45, 2.75) is 37.4 Å². The van der Waals surface area contributed by atoms with Gasteiger partial charge in [0, 0.05) is 62.0 Å². The van der Waals surface area contributed by atoms with Gasteiger partial charge in [-0.25, -0.2) is 9.37 Å². The van der Waals surface area contributed by atoms with Crippen molar-refractivity contribution in [3.63, 3.8) is 0 Å². The highest BCUT2D eigenvalue weighted by molar-refractivity contribution is 7.14. The SMILES string of the molecule is Fc1cccnc1C1(CNc2ccc(-c3ncc(CN4CCN(CC(F)(F)F)CC4)s3)nn2)CCC1. The highest BCUT2D eigenvalue weighted by Gasteiger charge is 2.41. The molecule has 1 N–H and O–H groups in total. The Bertz CT molecular complexity index is 1160. The number of alkyl halides is 3. The van der Waals surface area contributed by atoms with Crippen LogP contribution in [0.3, 0.4) is 0 Å². The summed E-state index contributed by atoms with van der Waals surface area (Å²) in [5, 5.41) is 12.6. The number of hydrogen-bond donors (Lipinski definition) is 1. The first-order chi connectivity index (χ1) is 17.3. The number of thiazole rings is 1. The Morgan fingerprint density at radius 2 is 1.78 bits per heavy atom. The van der Waals surface area contributed by atoms with E-state index in [0.29, 0.717) is 56.5 Å². The van der Waals surface area contributed by atoms with Crippen LogP contribution in [-0.4, -0.2) is 75.4 Å². The van der Waals surface area contributed by atoms with Gasteiger partial charge in [0.05, 0.1) is 12.2 Å². The third-order valence-electron chi connectivity index (χ3n) is 6.86. The van der Waals surface area contributed by atoms with Gasteiger partial charge in [-0.2, -0.15) is 13.2 Å². The minimum Gasteiger partial charge on any atom is -0.368 e. The molecule has 0 spiro atoms. The van der Waals surface area contributed by atoms with Crippen LogP contribution in [0.2, 0.25) is 0 Å². The Morgan fingerprint density at radius 3 is 2.42 bits per heavy atom. The van der Waals surface area contributed by atoms with Crippen molar-refractivity contribution >= 4 is 17.2 Å². The van der Waals surface area contributed by atoms with E-state index in [-0.39, 0.29) is 11.2 Å². The predicted octanol–water partition coefficient (Wildman–Crippen LogP) is 4.35. The van der Waals surface area contributed by atoms with E-state index in [4.69, 9.17) is 0 Å². The molecule has 0 radical (unpaired) electrons. The molecular formula is C24H27F4N7S. The van der Waals surface area contributed by atoms with Crippen molar-refractivity contribution in [2.75, 3.05) is 44.6 Å². The van der Waals surface area contributed by atoms with Crippen molar-refractivity contribution in [1.29, 1.82) is 0 Å². The molecule has 2 aliphatic rings. The highest BCUT2D eigenvalue weighted by atomic mass is 32.1. The molecule has 1 saturated carbocycles. The second-order valence-corrected chi connectivity index (χ2v) is 10.5. The lowest BCUT2D eigenvalue weighted by molar-refractivity contribution is -0.149. The van der Waals surface area contributed by atoms with Gasteiger partial charge in [0.1, 0.15) is 22.3 Å². The first kappa shape index (κ1) is 25.0. The number of pyridine rings is 1. The van der Waals surface area contributed by atoms with Gasteiger partial charge in [-0.05, 0) is 37.1 Å². The van der Waals surface area contributed by atoms with Gasteiger partial charge in [-0.3, -0.25) is 14.8 Å². The van der Waals surface area contributed by atoms with Gasteiger partial charge in [0.2, 0.25) is 0 Å². The summed E-state index contributed by atoms with van der Waals surface area (Å²) in [6, 6.07) is 6.74. The molecule has 1 saturated heterocycles. The maximum atomic E-state index is 14.3. The van der Waals surface area contributed by atoms with Gasteiger partial charge in [-0.15, -0.1) is 21.5 Å². The number of hydrogen-bond acceptors (Lipinski definition) is 8. The van der Waals surface area contributed by atoms with E-state index in [2.05, 4.69) is 30.4 Å². The van der Waals surface area contributed by atoms with Gasteiger partial charge >= 0.3 is 6.18 Å². The van der Waals surface area contributed by atoms with Crippen molar-refractivity contribution < 1.29 is 17.6 Å². The monoisotopic (exact) mass is 521 g/mol. The summed E-state index contributed by atoms with van der Waals surface area (Å²) >= 11 is 1.51. The van der Waals surface area contributed by atoms with Crippen molar-refractivity contribution in [3.8, 4) is 10.7 Å². The standard InChI is InChI=1S/C24H27F4N7S/c25-18-3-1-8-29-21(18)23(6-2-7-23)15-31-20-5-4-19(32-33-20)22-30-13-17(36-22)14-34-9-11-35(12-10-34)16-24(26,27)28/h1,3-5,8,13H,2,6-7,9-12,14-16H2,(H,31,33). The van der Waals surface area contributed by atoms with Crippen LogP contribution in [0.4, 0.5) is 23.4 Å². The average Bonchev–Trinajstić information content (AvgIpc) is 3.29. The molecule has 0 atom stereocenters. The summed E-state index contributed by atoms with van der Waals surface area (Å²) in [4.78, 5) is 13.4. The number of halogens is 4. The number of aromatic nitrogens is 4. The van der Waals surface area contributed by atoms with Gasteiger partial charge < -0.3 is 5.32 Å². The summed E-state index contributed by atoms with van der Waals surface area (Å²) in [5.41, 5.74) is 0.833. The number of nitrogens with zero attached hydrogens (tertiary/aromatic N) is 6. The van der Waals surface area contributed by atoms with Gasteiger partial charge in [-0.1, -0.05) is 6.42 Å². The van der Waals surface area contributed by atoms with E-state index in [1.165, 1.54) is 22.3 Å². The number of nitrogens with one attached hydrogen (secondary N) is 1. The lowest BCUT2D eigenvalue weighted by Gasteiger charge is -2.41. The third kappa shape index (κ3) is 5.81. The van der Waals surface area contributed by atoms with E-state index in [1.807, 2.05) is 12.1 Å². The van der Waals surface area contributed by atoms with Crippen molar-refractivity contribution in [3.05, 3.63) is 53.0 Å². The van der Waals surface area contributed by atoms with E-state index in [0.717, 1.165) is 29.1 Å². The molecule has 7 nitrogen and oxygen atoms in total. The largest absolute Gasteiger partial charge is 0.401 e.